The fourth-order valence-corrected chi connectivity index (χ4v) is 3.74. The molecule has 3 aromatic heterocycles. The van der Waals surface area contributed by atoms with Gasteiger partial charge in [-0.3, -0.25) is 4.79 Å². The van der Waals surface area contributed by atoms with Crippen molar-refractivity contribution in [3.8, 4) is 11.4 Å². The van der Waals surface area contributed by atoms with Gasteiger partial charge in [-0.25, -0.2) is 4.98 Å². The van der Waals surface area contributed by atoms with Crippen LogP contribution in [-0.2, 0) is 0 Å². The Balaban J connectivity index is 1.31. The predicted molar refractivity (Wildman–Crippen MR) is 114 cm³/mol. The highest BCUT2D eigenvalue weighted by molar-refractivity contribution is 5.95. The third-order valence-electron chi connectivity index (χ3n) is 5.33. The molecule has 0 N–H and O–H groups in total. The average molecular weight is 418 g/mol. The second-order valence-corrected chi connectivity index (χ2v) is 7.62. The Kier molecular flexibility index (Phi) is 4.85. The molecule has 31 heavy (non-hydrogen) atoms. The van der Waals surface area contributed by atoms with Crippen molar-refractivity contribution < 1.29 is 13.7 Å². The van der Waals surface area contributed by atoms with Crippen LogP contribution in [0.1, 0.15) is 28.4 Å². The van der Waals surface area contributed by atoms with Crippen molar-refractivity contribution in [2.45, 2.75) is 20.3 Å². The number of pyridine rings is 1. The van der Waals surface area contributed by atoms with Crippen molar-refractivity contribution in [3.63, 3.8) is 0 Å². The van der Waals surface area contributed by atoms with Crippen molar-refractivity contribution in [2.75, 3.05) is 31.1 Å². The van der Waals surface area contributed by atoms with E-state index in [0.717, 1.165) is 24.2 Å². The van der Waals surface area contributed by atoms with Crippen molar-refractivity contribution in [2.24, 2.45) is 0 Å². The molecule has 1 fully saturated rings. The molecule has 4 aromatic rings. The number of carbonyl (C=O) groups excluding carboxylic acids is 1. The van der Waals surface area contributed by atoms with E-state index in [0.29, 0.717) is 54.2 Å². The standard InChI is InChI=1S/C22H22N6O3/c1-14-7-8-18-20(23-14)25-22(30-18)28-10-4-9-27(11-12-28)21(29)17-6-3-5-16(13-17)19-24-15(2)31-26-19/h3,5-8,13H,4,9-12H2,1-2H3. The zero-order chi connectivity index (χ0) is 21.4. The van der Waals surface area contributed by atoms with E-state index in [2.05, 4.69) is 25.0 Å². The minimum absolute atomic E-state index is 0.0150. The van der Waals surface area contributed by atoms with Crippen LogP contribution in [0.15, 0.2) is 45.3 Å². The molecule has 0 bridgehead atoms. The summed E-state index contributed by atoms with van der Waals surface area (Å²) in [7, 11) is 0. The molecule has 9 nitrogen and oxygen atoms in total. The molecule has 0 spiro atoms. The van der Waals surface area contributed by atoms with E-state index < -0.39 is 0 Å². The molecule has 1 aliphatic heterocycles. The van der Waals surface area contributed by atoms with E-state index in [1.807, 2.05) is 48.2 Å². The summed E-state index contributed by atoms with van der Waals surface area (Å²) in [6.45, 7) is 6.31. The number of benzene rings is 1. The van der Waals surface area contributed by atoms with Crippen LogP contribution in [0.5, 0.6) is 0 Å². The van der Waals surface area contributed by atoms with Gasteiger partial charge in [-0.2, -0.15) is 9.97 Å². The number of rotatable bonds is 3. The summed E-state index contributed by atoms with van der Waals surface area (Å²) in [6.07, 6.45) is 0.820. The number of hydrogen-bond acceptors (Lipinski definition) is 8. The van der Waals surface area contributed by atoms with Gasteiger partial charge in [0.15, 0.2) is 5.58 Å². The van der Waals surface area contributed by atoms with Crippen LogP contribution in [0.2, 0.25) is 0 Å². The van der Waals surface area contributed by atoms with Gasteiger partial charge >= 0.3 is 0 Å². The maximum Gasteiger partial charge on any atom is 0.300 e. The first-order valence-electron chi connectivity index (χ1n) is 10.3. The number of anilines is 1. The summed E-state index contributed by atoms with van der Waals surface area (Å²) in [5.74, 6) is 0.955. The van der Waals surface area contributed by atoms with Gasteiger partial charge in [0.2, 0.25) is 17.4 Å². The second kappa shape index (κ2) is 7.82. The van der Waals surface area contributed by atoms with Gasteiger partial charge in [0.25, 0.3) is 11.9 Å². The van der Waals surface area contributed by atoms with Crippen molar-refractivity contribution in [1.29, 1.82) is 0 Å². The van der Waals surface area contributed by atoms with Crippen molar-refractivity contribution in [1.82, 2.24) is 25.0 Å². The van der Waals surface area contributed by atoms with Crippen LogP contribution in [0.25, 0.3) is 22.6 Å². The highest BCUT2D eigenvalue weighted by Gasteiger charge is 2.23. The topological polar surface area (TPSA) is 101 Å². The first-order chi connectivity index (χ1) is 15.1. The normalized spacial score (nSPS) is 14.8. The van der Waals surface area contributed by atoms with Gasteiger partial charge < -0.3 is 18.7 Å². The first-order valence-corrected chi connectivity index (χ1v) is 10.3. The van der Waals surface area contributed by atoms with Gasteiger partial charge in [0.05, 0.1) is 0 Å². The fourth-order valence-electron chi connectivity index (χ4n) is 3.74. The van der Waals surface area contributed by atoms with Gasteiger partial charge in [-0.15, -0.1) is 0 Å². The molecule has 0 atom stereocenters. The molecule has 0 aliphatic carbocycles. The lowest BCUT2D eigenvalue weighted by Gasteiger charge is -2.21. The molecule has 158 valence electrons. The number of aryl methyl sites for hydroxylation is 2. The minimum atomic E-state index is -0.0150. The van der Waals surface area contributed by atoms with Crippen LogP contribution < -0.4 is 4.90 Å². The quantitative estimate of drug-likeness (QED) is 0.500. The number of nitrogens with zero attached hydrogens (tertiary/aromatic N) is 6. The van der Waals surface area contributed by atoms with Crippen LogP contribution >= 0.6 is 0 Å². The lowest BCUT2D eigenvalue weighted by atomic mass is 10.1. The summed E-state index contributed by atoms with van der Waals surface area (Å²) in [5, 5.41) is 3.94. The Hall–Kier alpha value is -3.75. The summed E-state index contributed by atoms with van der Waals surface area (Å²) in [4.78, 5) is 30.3. The van der Waals surface area contributed by atoms with Crippen LogP contribution in [-0.4, -0.2) is 57.1 Å². The zero-order valence-corrected chi connectivity index (χ0v) is 17.4. The Labute approximate surface area is 178 Å². The molecule has 1 aliphatic rings. The third kappa shape index (κ3) is 3.86. The minimum Gasteiger partial charge on any atom is -0.422 e. The molecule has 0 radical (unpaired) electrons. The smallest absolute Gasteiger partial charge is 0.300 e. The molecule has 1 saturated heterocycles. The van der Waals surface area contributed by atoms with E-state index >= 15 is 0 Å². The van der Waals surface area contributed by atoms with E-state index in [1.165, 1.54) is 0 Å². The molecule has 9 heteroatoms. The van der Waals surface area contributed by atoms with E-state index in [4.69, 9.17) is 8.94 Å². The predicted octanol–water partition coefficient (Wildman–Crippen LogP) is 3.24. The number of fused-ring (bicyclic) bond motifs is 1. The van der Waals surface area contributed by atoms with E-state index in [9.17, 15) is 4.79 Å². The second-order valence-electron chi connectivity index (χ2n) is 7.62. The number of amides is 1. The van der Waals surface area contributed by atoms with Gasteiger partial charge in [-0.05, 0) is 37.6 Å². The molecule has 0 saturated carbocycles. The maximum absolute atomic E-state index is 13.2. The molecular weight excluding hydrogens is 396 g/mol. The summed E-state index contributed by atoms with van der Waals surface area (Å²) in [5.41, 5.74) is 3.55. The largest absolute Gasteiger partial charge is 0.422 e. The number of oxazole rings is 1. The number of hydrogen-bond donors (Lipinski definition) is 0. The number of carbonyl (C=O) groups is 1. The first kappa shape index (κ1) is 19.2. The Morgan fingerprint density at radius 3 is 2.74 bits per heavy atom. The summed E-state index contributed by atoms with van der Waals surface area (Å²) in [6, 6.07) is 11.7. The van der Waals surface area contributed by atoms with Crippen LogP contribution in [0, 0.1) is 13.8 Å². The molecule has 0 unspecified atom stereocenters. The lowest BCUT2D eigenvalue weighted by molar-refractivity contribution is 0.0767. The van der Waals surface area contributed by atoms with Gasteiger partial charge in [0.1, 0.15) is 0 Å². The molecule has 1 aromatic carbocycles. The van der Waals surface area contributed by atoms with E-state index in [-0.39, 0.29) is 5.91 Å². The highest BCUT2D eigenvalue weighted by atomic mass is 16.5. The summed E-state index contributed by atoms with van der Waals surface area (Å²) < 4.78 is 10.9. The maximum atomic E-state index is 13.2. The highest BCUT2D eigenvalue weighted by Crippen LogP contribution is 2.23. The zero-order valence-electron chi connectivity index (χ0n) is 17.4. The third-order valence-corrected chi connectivity index (χ3v) is 5.33. The average Bonchev–Trinajstić information content (AvgIpc) is 3.31. The Bertz CT molecular complexity index is 1250. The summed E-state index contributed by atoms with van der Waals surface area (Å²) >= 11 is 0. The lowest BCUT2D eigenvalue weighted by Crippen LogP contribution is -2.35. The fraction of sp³-hybridized carbons (Fsp3) is 0.318. The van der Waals surface area contributed by atoms with Gasteiger partial charge in [0, 0.05) is 49.9 Å². The molecular formula is C22H22N6O3. The van der Waals surface area contributed by atoms with Gasteiger partial charge in [-0.1, -0.05) is 17.3 Å². The van der Waals surface area contributed by atoms with Crippen LogP contribution in [0.4, 0.5) is 6.01 Å². The molecule has 1 amide bonds. The molecule has 5 rings (SSSR count). The number of aromatic nitrogens is 4. The van der Waals surface area contributed by atoms with Crippen LogP contribution in [0.3, 0.4) is 0 Å². The van der Waals surface area contributed by atoms with Crippen molar-refractivity contribution >= 4 is 23.2 Å². The Morgan fingerprint density at radius 1 is 1.00 bits per heavy atom. The SMILES string of the molecule is Cc1ccc2oc(N3CCCN(C(=O)c4cccc(-c5noc(C)n5)c4)CC3)nc2n1. The monoisotopic (exact) mass is 418 g/mol. The molecule has 4 heterocycles. The van der Waals surface area contributed by atoms with Crippen molar-refractivity contribution in [3.05, 3.63) is 53.5 Å². The Morgan fingerprint density at radius 2 is 1.90 bits per heavy atom. The van der Waals surface area contributed by atoms with E-state index in [1.54, 1.807) is 6.92 Å².